The van der Waals surface area contributed by atoms with Crippen molar-refractivity contribution in [3.05, 3.63) is 29.5 Å². The third-order valence-corrected chi connectivity index (χ3v) is 3.11. The van der Waals surface area contributed by atoms with Gasteiger partial charge < -0.3 is 16.0 Å². The van der Waals surface area contributed by atoms with Gasteiger partial charge in [0.1, 0.15) is 5.82 Å². The summed E-state index contributed by atoms with van der Waals surface area (Å²) in [6.45, 7) is 5.33. The molecule has 0 fully saturated rings. The monoisotopic (exact) mass is 230 g/mol. The second-order valence-electron chi connectivity index (χ2n) is 4.49. The first-order valence-corrected chi connectivity index (χ1v) is 5.86. The molecule has 4 nitrogen and oxygen atoms in total. The van der Waals surface area contributed by atoms with Crippen LogP contribution in [0.5, 0.6) is 0 Å². The van der Waals surface area contributed by atoms with Gasteiger partial charge in [0.05, 0.1) is 0 Å². The Morgan fingerprint density at radius 2 is 2.35 bits per heavy atom. The van der Waals surface area contributed by atoms with Crippen molar-refractivity contribution in [1.82, 2.24) is 4.98 Å². The molecule has 17 heavy (non-hydrogen) atoms. The third-order valence-electron chi connectivity index (χ3n) is 3.11. The van der Waals surface area contributed by atoms with Gasteiger partial charge in [-0.15, -0.1) is 0 Å². The van der Waals surface area contributed by atoms with Crippen molar-refractivity contribution in [1.29, 1.82) is 5.41 Å². The second kappa shape index (κ2) is 4.57. The van der Waals surface area contributed by atoms with E-state index in [0.717, 1.165) is 24.3 Å². The Kier molecular flexibility index (Phi) is 3.13. The molecule has 0 aliphatic carbocycles. The normalized spacial score (nSPS) is 15.2. The van der Waals surface area contributed by atoms with E-state index in [0.29, 0.717) is 11.7 Å². The first kappa shape index (κ1) is 11.6. The number of aromatic nitrogens is 1. The van der Waals surface area contributed by atoms with E-state index in [-0.39, 0.29) is 0 Å². The zero-order chi connectivity index (χ0) is 12.4. The van der Waals surface area contributed by atoms with Crippen LogP contribution in [-0.4, -0.2) is 23.8 Å². The van der Waals surface area contributed by atoms with E-state index in [4.69, 9.17) is 11.1 Å². The fourth-order valence-electron chi connectivity index (χ4n) is 2.27. The lowest BCUT2D eigenvalue weighted by molar-refractivity contribution is 0.703. The number of nitrogens with two attached hydrogens (primary N) is 1. The van der Waals surface area contributed by atoms with Gasteiger partial charge in [-0.1, -0.05) is 0 Å². The largest absolute Gasteiger partial charge is 0.398 e. The molecule has 2 heterocycles. The molecular weight excluding hydrogens is 212 g/mol. The highest BCUT2D eigenvalue weighted by atomic mass is 15.2. The lowest BCUT2D eigenvalue weighted by Gasteiger charge is -2.22. The summed E-state index contributed by atoms with van der Waals surface area (Å²) in [4.78, 5) is 6.74. The van der Waals surface area contributed by atoms with Gasteiger partial charge >= 0.3 is 0 Å². The van der Waals surface area contributed by atoms with Gasteiger partial charge in [-0.2, -0.15) is 0 Å². The van der Waals surface area contributed by atoms with E-state index in [1.807, 2.05) is 6.07 Å². The highest BCUT2D eigenvalue weighted by Gasteiger charge is 2.25. The van der Waals surface area contributed by atoms with Crippen LogP contribution in [0.2, 0.25) is 0 Å². The van der Waals surface area contributed by atoms with E-state index < -0.39 is 0 Å². The Hall–Kier alpha value is -1.84. The first-order chi connectivity index (χ1) is 8.15. The summed E-state index contributed by atoms with van der Waals surface area (Å²) < 4.78 is 0. The van der Waals surface area contributed by atoms with Crippen molar-refractivity contribution in [2.24, 2.45) is 5.73 Å². The lowest BCUT2D eigenvalue weighted by Crippen LogP contribution is -2.28. The Morgan fingerprint density at radius 1 is 1.59 bits per heavy atom. The van der Waals surface area contributed by atoms with E-state index in [1.54, 1.807) is 12.3 Å². The average Bonchev–Trinajstić information content (AvgIpc) is 2.72. The van der Waals surface area contributed by atoms with Crippen LogP contribution < -0.4 is 10.6 Å². The minimum Gasteiger partial charge on any atom is -0.398 e. The molecule has 3 N–H and O–H groups in total. The predicted octanol–water partition coefficient (Wildman–Crippen LogP) is 1.80. The van der Waals surface area contributed by atoms with E-state index in [1.165, 1.54) is 11.8 Å². The minimum absolute atomic E-state index is 0.451. The number of nitrogens with one attached hydrogen (secondary N) is 1. The number of hydrogen-bond acceptors (Lipinski definition) is 4. The molecule has 0 aromatic carbocycles. The number of anilines is 1. The molecule has 0 atom stereocenters. The van der Waals surface area contributed by atoms with Crippen molar-refractivity contribution in [2.75, 3.05) is 11.4 Å². The van der Waals surface area contributed by atoms with Gasteiger partial charge in [-0.05, 0) is 32.4 Å². The topological polar surface area (TPSA) is 66.0 Å². The number of hydrogen-bond donors (Lipinski definition) is 2. The maximum absolute atomic E-state index is 7.08. The standard InChI is InChI=1S/C13H18N4/c1-9(2)17-8-5-11-10(12(15)3-6-14)4-7-16-13(11)17/h3-4,6-7,9,14H,5,8,15H2,1-2H3. The van der Waals surface area contributed by atoms with Crippen LogP contribution in [0.1, 0.15) is 25.0 Å². The molecule has 0 saturated carbocycles. The van der Waals surface area contributed by atoms with Crippen LogP contribution in [-0.2, 0) is 6.42 Å². The highest BCUT2D eigenvalue weighted by molar-refractivity contribution is 5.83. The van der Waals surface area contributed by atoms with Crippen LogP contribution in [0.3, 0.4) is 0 Å². The van der Waals surface area contributed by atoms with Crippen molar-refractivity contribution >= 4 is 17.7 Å². The minimum atomic E-state index is 0.451. The van der Waals surface area contributed by atoms with Crippen LogP contribution in [0, 0.1) is 5.41 Å². The summed E-state index contributed by atoms with van der Waals surface area (Å²) in [5.74, 6) is 1.04. The fraction of sp³-hybridized carbons (Fsp3) is 0.385. The van der Waals surface area contributed by atoms with Crippen molar-refractivity contribution in [3.63, 3.8) is 0 Å². The molecule has 0 saturated heterocycles. The van der Waals surface area contributed by atoms with Crippen LogP contribution in [0.4, 0.5) is 5.82 Å². The first-order valence-electron chi connectivity index (χ1n) is 5.86. The molecule has 90 valence electrons. The maximum Gasteiger partial charge on any atom is 0.132 e. The predicted molar refractivity (Wildman–Crippen MR) is 71.4 cm³/mol. The zero-order valence-electron chi connectivity index (χ0n) is 10.3. The Bertz CT molecular complexity index is 462. The van der Waals surface area contributed by atoms with Crippen LogP contribution >= 0.6 is 0 Å². The van der Waals surface area contributed by atoms with E-state index in [2.05, 4.69) is 23.7 Å². The molecule has 1 aliphatic rings. The summed E-state index contributed by atoms with van der Waals surface area (Å²) in [6, 6.07) is 2.38. The van der Waals surface area contributed by atoms with Gasteiger partial charge in [-0.3, -0.25) is 0 Å². The number of rotatable bonds is 3. The second-order valence-corrected chi connectivity index (χ2v) is 4.49. The van der Waals surface area contributed by atoms with E-state index >= 15 is 0 Å². The summed E-state index contributed by atoms with van der Waals surface area (Å²) >= 11 is 0. The van der Waals surface area contributed by atoms with Gasteiger partial charge in [0.15, 0.2) is 0 Å². The molecule has 0 unspecified atom stereocenters. The number of pyridine rings is 1. The molecule has 1 aromatic heterocycles. The van der Waals surface area contributed by atoms with Crippen LogP contribution in [0.15, 0.2) is 18.3 Å². The molecule has 1 aromatic rings. The SMILES string of the molecule is CC(C)N1CCc2c(C(N)=CC=N)ccnc21. The third kappa shape index (κ3) is 2.02. The summed E-state index contributed by atoms with van der Waals surface area (Å²) in [5.41, 5.74) is 8.83. The van der Waals surface area contributed by atoms with Gasteiger partial charge in [0, 0.05) is 41.8 Å². The maximum atomic E-state index is 7.08. The Morgan fingerprint density at radius 3 is 3.00 bits per heavy atom. The summed E-state index contributed by atoms with van der Waals surface area (Å²) in [6.07, 6.45) is 5.60. The lowest BCUT2D eigenvalue weighted by atomic mass is 10.1. The highest BCUT2D eigenvalue weighted by Crippen LogP contribution is 2.31. The van der Waals surface area contributed by atoms with Crippen molar-refractivity contribution in [2.45, 2.75) is 26.3 Å². The number of allylic oxidation sites excluding steroid dienone is 1. The number of fused-ring (bicyclic) bond motifs is 1. The zero-order valence-corrected chi connectivity index (χ0v) is 10.3. The van der Waals surface area contributed by atoms with Gasteiger partial charge in [0.25, 0.3) is 0 Å². The molecule has 0 radical (unpaired) electrons. The fourth-order valence-corrected chi connectivity index (χ4v) is 2.27. The van der Waals surface area contributed by atoms with E-state index in [9.17, 15) is 0 Å². The van der Waals surface area contributed by atoms with Crippen molar-refractivity contribution < 1.29 is 0 Å². The molecule has 0 bridgehead atoms. The quantitative estimate of drug-likeness (QED) is 0.778. The molecule has 0 amide bonds. The van der Waals surface area contributed by atoms with Gasteiger partial charge in [-0.25, -0.2) is 4.98 Å². The Labute approximate surface area is 102 Å². The molecular formula is C13H18N4. The molecule has 1 aliphatic heterocycles. The van der Waals surface area contributed by atoms with Crippen molar-refractivity contribution in [3.8, 4) is 0 Å². The summed E-state index contributed by atoms with van der Waals surface area (Å²) in [7, 11) is 0. The number of nitrogens with zero attached hydrogens (tertiary/aromatic N) is 2. The average molecular weight is 230 g/mol. The summed E-state index contributed by atoms with van der Waals surface area (Å²) in [5, 5.41) is 7.08. The Balaban J connectivity index is 2.46. The molecule has 2 rings (SSSR count). The smallest absolute Gasteiger partial charge is 0.132 e. The van der Waals surface area contributed by atoms with Crippen LogP contribution in [0.25, 0.3) is 5.70 Å². The molecule has 4 heteroatoms. The van der Waals surface area contributed by atoms with Gasteiger partial charge in [0.2, 0.25) is 0 Å². The molecule has 0 spiro atoms.